The van der Waals surface area contributed by atoms with E-state index in [0.29, 0.717) is 24.5 Å². The Kier molecular flexibility index (Phi) is 4.62. The Morgan fingerprint density at radius 3 is 2.78 bits per heavy atom. The van der Waals surface area contributed by atoms with Crippen LogP contribution in [0.15, 0.2) is 0 Å². The van der Waals surface area contributed by atoms with E-state index in [1.165, 1.54) is 0 Å². The van der Waals surface area contributed by atoms with Crippen molar-refractivity contribution in [3.05, 3.63) is 0 Å². The molecule has 18 heavy (non-hydrogen) atoms. The molecule has 0 aromatic heterocycles. The summed E-state index contributed by atoms with van der Waals surface area (Å²) >= 11 is 0. The molecule has 0 radical (unpaired) electrons. The largest absolute Gasteiger partial charge is 0.378 e. The van der Waals surface area contributed by atoms with Gasteiger partial charge in [0.1, 0.15) is 0 Å². The Labute approximate surface area is 110 Å². The van der Waals surface area contributed by atoms with Gasteiger partial charge in [-0.05, 0) is 32.2 Å². The molecule has 2 aliphatic rings. The predicted octanol–water partition coefficient (Wildman–Crippen LogP) is 1.26. The van der Waals surface area contributed by atoms with Crippen molar-refractivity contribution in [2.75, 3.05) is 26.2 Å². The molecule has 0 aromatic rings. The maximum absolute atomic E-state index is 12.4. The van der Waals surface area contributed by atoms with Crippen molar-refractivity contribution in [1.29, 1.82) is 0 Å². The van der Waals surface area contributed by atoms with E-state index in [1.54, 1.807) is 0 Å². The van der Waals surface area contributed by atoms with Crippen LogP contribution in [0.4, 0.5) is 0 Å². The van der Waals surface area contributed by atoms with Crippen molar-refractivity contribution in [2.45, 2.75) is 45.8 Å². The fraction of sp³-hybridized carbons (Fsp3) is 0.929. The maximum Gasteiger partial charge on any atom is 0.228 e. The van der Waals surface area contributed by atoms with Crippen molar-refractivity contribution < 1.29 is 9.53 Å². The second kappa shape index (κ2) is 6.02. The lowest BCUT2D eigenvalue weighted by Gasteiger charge is -2.38. The predicted molar refractivity (Wildman–Crippen MR) is 71.3 cm³/mol. The molecule has 0 saturated carbocycles. The number of rotatable bonds is 3. The summed E-state index contributed by atoms with van der Waals surface area (Å²) in [5.74, 6) is 0.950. The zero-order valence-corrected chi connectivity index (χ0v) is 11.8. The summed E-state index contributed by atoms with van der Waals surface area (Å²) in [5, 5.41) is 3.51. The standard InChI is InChI=1S/C14H26N2O2/c1-4-15-13-5-6-16(8-10(13)2)14(17)12-7-11(3)18-9-12/h10-13,15H,4-9H2,1-3H3. The van der Waals surface area contributed by atoms with Gasteiger partial charge in [-0.25, -0.2) is 0 Å². The van der Waals surface area contributed by atoms with E-state index in [-0.39, 0.29) is 12.0 Å². The van der Waals surface area contributed by atoms with E-state index >= 15 is 0 Å². The van der Waals surface area contributed by atoms with Gasteiger partial charge >= 0.3 is 0 Å². The second-order valence-corrected chi connectivity index (χ2v) is 5.79. The van der Waals surface area contributed by atoms with Crippen LogP contribution in [0.5, 0.6) is 0 Å². The Morgan fingerprint density at radius 2 is 2.22 bits per heavy atom. The summed E-state index contributed by atoms with van der Waals surface area (Å²) in [6.07, 6.45) is 2.21. The fourth-order valence-corrected chi connectivity index (χ4v) is 3.16. The molecule has 4 unspecified atom stereocenters. The average molecular weight is 254 g/mol. The quantitative estimate of drug-likeness (QED) is 0.824. The van der Waals surface area contributed by atoms with E-state index < -0.39 is 0 Å². The first-order valence-corrected chi connectivity index (χ1v) is 7.25. The van der Waals surface area contributed by atoms with Crippen molar-refractivity contribution in [2.24, 2.45) is 11.8 Å². The maximum atomic E-state index is 12.4. The molecule has 2 fully saturated rings. The Balaban J connectivity index is 1.86. The number of nitrogens with zero attached hydrogens (tertiary/aromatic N) is 1. The number of hydrogen-bond acceptors (Lipinski definition) is 3. The first kappa shape index (κ1) is 13.8. The molecule has 1 amide bonds. The van der Waals surface area contributed by atoms with Crippen LogP contribution in [-0.2, 0) is 9.53 Å². The lowest BCUT2D eigenvalue weighted by Crippen LogP contribution is -2.51. The van der Waals surface area contributed by atoms with Crippen LogP contribution in [0.25, 0.3) is 0 Å². The third kappa shape index (κ3) is 3.04. The molecular formula is C14H26N2O2. The Bertz CT molecular complexity index is 296. The van der Waals surface area contributed by atoms with Crippen LogP contribution in [-0.4, -0.2) is 49.2 Å². The summed E-state index contributed by atoms with van der Waals surface area (Å²) in [5.41, 5.74) is 0. The summed E-state index contributed by atoms with van der Waals surface area (Å²) in [6.45, 7) is 9.83. The van der Waals surface area contributed by atoms with E-state index in [0.717, 1.165) is 32.5 Å². The fourth-order valence-electron chi connectivity index (χ4n) is 3.16. The van der Waals surface area contributed by atoms with Gasteiger partial charge in [-0.2, -0.15) is 0 Å². The van der Waals surface area contributed by atoms with Crippen LogP contribution in [0, 0.1) is 11.8 Å². The van der Waals surface area contributed by atoms with E-state index in [4.69, 9.17) is 4.74 Å². The van der Waals surface area contributed by atoms with Gasteiger partial charge in [0.2, 0.25) is 5.91 Å². The monoisotopic (exact) mass is 254 g/mol. The molecule has 0 spiro atoms. The van der Waals surface area contributed by atoms with Crippen LogP contribution < -0.4 is 5.32 Å². The van der Waals surface area contributed by atoms with Crippen molar-refractivity contribution in [1.82, 2.24) is 10.2 Å². The molecular weight excluding hydrogens is 228 g/mol. The third-order valence-electron chi connectivity index (χ3n) is 4.23. The van der Waals surface area contributed by atoms with Gasteiger partial charge in [-0.1, -0.05) is 13.8 Å². The van der Waals surface area contributed by atoms with Gasteiger partial charge in [0, 0.05) is 19.1 Å². The minimum absolute atomic E-state index is 0.0999. The van der Waals surface area contributed by atoms with Crippen LogP contribution in [0.2, 0.25) is 0 Å². The molecule has 2 saturated heterocycles. The topological polar surface area (TPSA) is 41.6 Å². The number of piperidine rings is 1. The van der Waals surface area contributed by atoms with Crippen LogP contribution >= 0.6 is 0 Å². The van der Waals surface area contributed by atoms with E-state index in [9.17, 15) is 4.79 Å². The van der Waals surface area contributed by atoms with Crippen molar-refractivity contribution in [3.63, 3.8) is 0 Å². The van der Waals surface area contributed by atoms with Crippen molar-refractivity contribution >= 4 is 5.91 Å². The molecule has 2 aliphatic heterocycles. The minimum Gasteiger partial charge on any atom is -0.378 e. The zero-order valence-electron chi connectivity index (χ0n) is 11.8. The molecule has 2 rings (SSSR count). The number of ether oxygens (including phenoxy) is 1. The zero-order chi connectivity index (χ0) is 13.1. The van der Waals surface area contributed by atoms with Gasteiger partial charge in [-0.3, -0.25) is 4.79 Å². The normalized spacial score (nSPS) is 36.9. The van der Waals surface area contributed by atoms with Gasteiger partial charge in [0.15, 0.2) is 0 Å². The van der Waals surface area contributed by atoms with Gasteiger partial charge < -0.3 is 15.0 Å². The Morgan fingerprint density at radius 1 is 1.44 bits per heavy atom. The smallest absolute Gasteiger partial charge is 0.228 e. The number of likely N-dealkylation sites (tertiary alicyclic amines) is 1. The first-order valence-electron chi connectivity index (χ1n) is 7.25. The first-order chi connectivity index (χ1) is 8.61. The van der Waals surface area contributed by atoms with Crippen molar-refractivity contribution in [3.8, 4) is 0 Å². The lowest BCUT2D eigenvalue weighted by atomic mass is 9.92. The molecule has 0 bridgehead atoms. The molecule has 4 atom stereocenters. The lowest BCUT2D eigenvalue weighted by molar-refractivity contribution is -0.137. The SMILES string of the molecule is CCNC1CCN(C(=O)C2COC(C)C2)CC1C. The molecule has 0 aromatic carbocycles. The average Bonchev–Trinajstić information content (AvgIpc) is 2.78. The highest BCUT2D eigenvalue weighted by molar-refractivity contribution is 5.79. The highest BCUT2D eigenvalue weighted by Crippen LogP contribution is 2.24. The summed E-state index contributed by atoms with van der Waals surface area (Å²) in [6, 6.07) is 0.567. The molecule has 4 heteroatoms. The highest BCUT2D eigenvalue weighted by atomic mass is 16.5. The molecule has 0 aliphatic carbocycles. The van der Waals surface area contributed by atoms with Gasteiger partial charge in [0.25, 0.3) is 0 Å². The number of hydrogen-bond donors (Lipinski definition) is 1. The number of carbonyl (C=O) groups excluding carboxylic acids is 1. The second-order valence-electron chi connectivity index (χ2n) is 5.79. The summed E-state index contributed by atoms with van der Waals surface area (Å²) in [7, 11) is 0. The molecule has 4 nitrogen and oxygen atoms in total. The Hall–Kier alpha value is -0.610. The highest BCUT2D eigenvalue weighted by Gasteiger charge is 2.35. The van der Waals surface area contributed by atoms with Gasteiger partial charge in [0.05, 0.1) is 18.6 Å². The van der Waals surface area contributed by atoms with Crippen LogP contribution in [0.3, 0.4) is 0 Å². The molecule has 1 N–H and O–H groups in total. The summed E-state index contributed by atoms with van der Waals surface area (Å²) in [4.78, 5) is 14.4. The van der Waals surface area contributed by atoms with E-state index in [2.05, 4.69) is 19.2 Å². The number of carbonyl (C=O) groups is 1. The molecule has 104 valence electrons. The van der Waals surface area contributed by atoms with Crippen LogP contribution in [0.1, 0.15) is 33.6 Å². The number of nitrogens with one attached hydrogen (secondary N) is 1. The summed E-state index contributed by atoms with van der Waals surface area (Å²) < 4.78 is 5.50. The van der Waals surface area contributed by atoms with E-state index in [1.807, 2.05) is 11.8 Å². The third-order valence-corrected chi connectivity index (χ3v) is 4.23. The minimum atomic E-state index is 0.0999. The van der Waals surface area contributed by atoms with Gasteiger partial charge in [-0.15, -0.1) is 0 Å². The number of amides is 1. The molecule has 2 heterocycles.